The van der Waals surface area contributed by atoms with Gasteiger partial charge in [-0.1, -0.05) is 0 Å². The van der Waals surface area contributed by atoms with Crippen LogP contribution >= 0.6 is 15.9 Å². The number of halogens is 1. The highest BCUT2D eigenvalue weighted by Gasteiger charge is 2.25. The third kappa shape index (κ3) is 2.16. The Bertz CT molecular complexity index is 297. The smallest absolute Gasteiger partial charge is 0.0632 e. The lowest BCUT2D eigenvalue weighted by Gasteiger charge is -2.40. The van der Waals surface area contributed by atoms with E-state index in [0.717, 1.165) is 24.1 Å². The molecule has 1 unspecified atom stereocenters. The third-order valence-corrected chi connectivity index (χ3v) is 3.17. The predicted molar refractivity (Wildman–Crippen MR) is 59.0 cm³/mol. The Kier molecular flexibility index (Phi) is 3.20. The van der Waals surface area contributed by atoms with Gasteiger partial charge >= 0.3 is 0 Å². The highest BCUT2D eigenvalue weighted by molar-refractivity contribution is 9.10. The minimum absolute atomic E-state index is 0.606. The van der Waals surface area contributed by atoms with Crippen LogP contribution in [-0.4, -0.2) is 40.4 Å². The van der Waals surface area contributed by atoms with Gasteiger partial charge in [0.05, 0.1) is 17.2 Å². The molecular formula is C9H15BrN4. The van der Waals surface area contributed by atoms with Crippen LogP contribution < -0.4 is 5.73 Å². The summed E-state index contributed by atoms with van der Waals surface area (Å²) in [5, 5.41) is 4.21. The van der Waals surface area contributed by atoms with Gasteiger partial charge in [-0.3, -0.25) is 9.58 Å². The van der Waals surface area contributed by atoms with Crippen molar-refractivity contribution in [1.29, 1.82) is 0 Å². The second-order valence-corrected chi connectivity index (χ2v) is 4.55. The highest BCUT2D eigenvalue weighted by Crippen LogP contribution is 2.15. The van der Waals surface area contributed by atoms with Crippen LogP contribution in [0.1, 0.15) is 6.42 Å². The van der Waals surface area contributed by atoms with Crippen molar-refractivity contribution in [3.05, 3.63) is 16.9 Å². The van der Waals surface area contributed by atoms with Crippen LogP contribution in [0, 0.1) is 0 Å². The van der Waals surface area contributed by atoms with Crippen molar-refractivity contribution in [2.24, 2.45) is 5.73 Å². The van der Waals surface area contributed by atoms with Gasteiger partial charge in [-0.05, 0) is 22.4 Å². The summed E-state index contributed by atoms with van der Waals surface area (Å²) in [6, 6.07) is 0.606. The molecule has 0 amide bonds. The number of likely N-dealkylation sites (tertiary alicyclic amines) is 1. The van der Waals surface area contributed by atoms with Gasteiger partial charge in [-0.25, -0.2) is 0 Å². The quantitative estimate of drug-likeness (QED) is 0.864. The van der Waals surface area contributed by atoms with Gasteiger partial charge in [0.15, 0.2) is 0 Å². The fourth-order valence-corrected chi connectivity index (χ4v) is 2.07. The van der Waals surface area contributed by atoms with Gasteiger partial charge < -0.3 is 5.73 Å². The lowest BCUT2D eigenvalue weighted by atomic mass is 10.0. The number of hydrogen-bond donors (Lipinski definition) is 1. The maximum Gasteiger partial charge on any atom is 0.0632 e. The monoisotopic (exact) mass is 258 g/mol. The van der Waals surface area contributed by atoms with Crippen LogP contribution in [0.3, 0.4) is 0 Å². The molecule has 0 bridgehead atoms. The lowest BCUT2D eigenvalue weighted by Crippen LogP contribution is -2.52. The Hall–Kier alpha value is -0.390. The molecule has 1 saturated heterocycles. The van der Waals surface area contributed by atoms with E-state index in [2.05, 4.69) is 25.9 Å². The van der Waals surface area contributed by atoms with Crippen LogP contribution in [0.4, 0.5) is 0 Å². The van der Waals surface area contributed by atoms with Crippen molar-refractivity contribution < 1.29 is 0 Å². The third-order valence-electron chi connectivity index (χ3n) is 2.76. The molecule has 1 aliphatic heterocycles. The second-order valence-electron chi connectivity index (χ2n) is 3.64. The molecule has 1 aromatic heterocycles. The Labute approximate surface area is 92.2 Å². The van der Waals surface area contributed by atoms with Crippen molar-refractivity contribution in [2.75, 3.05) is 19.6 Å². The molecule has 0 aliphatic carbocycles. The van der Waals surface area contributed by atoms with Crippen molar-refractivity contribution in [3.8, 4) is 0 Å². The van der Waals surface area contributed by atoms with Gasteiger partial charge in [-0.2, -0.15) is 5.10 Å². The predicted octanol–water partition coefficient (Wildman–Crippen LogP) is 0.679. The van der Waals surface area contributed by atoms with Crippen LogP contribution in [-0.2, 0) is 6.54 Å². The molecule has 4 nitrogen and oxygen atoms in total. The van der Waals surface area contributed by atoms with Crippen molar-refractivity contribution >= 4 is 15.9 Å². The summed E-state index contributed by atoms with van der Waals surface area (Å²) in [4.78, 5) is 2.41. The minimum atomic E-state index is 0.606. The maximum absolute atomic E-state index is 5.63. The van der Waals surface area contributed by atoms with E-state index in [0.29, 0.717) is 6.04 Å². The first-order chi connectivity index (χ1) is 6.79. The van der Waals surface area contributed by atoms with E-state index in [1.54, 1.807) is 0 Å². The molecule has 2 N–H and O–H groups in total. The summed E-state index contributed by atoms with van der Waals surface area (Å²) in [6.07, 6.45) is 5.06. The van der Waals surface area contributed by atoms with E-state index in [4.69, 9.17) is 5.73 Å². The van der Waals surface area contributed by atoms with E-state index in [9.17, 15) is 0 Å². The van der Waals surface area contributed by atoms with Gasteiger partial charge in [0, 0.05) is 31.9 Å². The molecule has 0 aromatic carbocycles. The van der Waals surface area contributed by atoms with E-state index in [1.807, 2.05) is 17.1 Å². The Morgan fingerprint density at radius 1 is 1.57 bits per heavy atom. The van der Waals surface area contributed by atoms with Gasteiger partial charge in [-0.15, -0.1) is 0 Å². The standard InChI is InChI=1S/C9H15BrN4/c10-8-6-12-14(7-8)4-3-13-2-1-9(13)5-11/h6-7,9H,1-5,11H2. The molecule has 1 atom stereocenters. The second kappa shape index (κ2) is 4.42. The molecule has 1 aromatic rings. The zero-order valence-electron chi connectivity index (χ0n) is 8.06. The summed E-state index contributed by atoms with van der Waals surface area (Å²) < 4.78 is 2.99. The fourth-order valence-electron chi connectivity index (χ4n) is 1.75. The number of nitrogens with zero attached hydrogens (tertiary/aromatic N) is 3. The zero-order valence-corrected chi connectivity index (χ0v) is 9.65. The maximum atomic E-state index is 5.63. The van der Waals surface area contributed by atoms with Crippen molar-refractivity contribution in [1.82, 2.24) is 14.7 Å². The first-order valence-corrected chi connectivity index (χ1v) is 5.71. The summed E-state index contributed by atoms with van der Waals surface area (Å²) in [7, 11) is 0. The molecule has 1 fully saturated rings. The minimum Gasteiger partial charge on any atom is -0.329 e. The first kappa shape index (κ1) is 10.1. The van der Waals surface area contributed by atoms with Gasteiger partial charge in [0.2, 0.25) is 0 Å². The number of hydrogen-bond acceptors (Lipinski definition) is 3. The van der Waals surface area contributed by atoms with E-state index >= 15 is 0 Å². The van der Waals surface area contributed by atoms with Crippen molar-refractivity contribution in [3.63, 3.8) is 0 Å². The molecule has 0 saturated carbocycles. The molecular weight excluding hydrogens is 244 g/mol. The molecule has 2 heterocycles. The number of nitrogens with two attached hydrogens (primary N) is 1. The summed E-state index contributed by atoms with van der Waals surface area (Å²) in [5.74, 6) is 0. The number of rotatable bonds is 4. The van der Waals surface area contributed by atoms with Crippen LogP contribution in [0.2, 0.25) is 0 Å². The summed E-state index contributed by atoms with van der Waals surface area (Å²) >= 11 is 3.38. The highest BCUT2D eigenvalue weighted by atomic mass is 79.9. The van der Waals surface area contributed by atoms with Gasteiger partial charge in [0.1, 0.15) is 0 Å². The zero-order chi connectivity index (χ0) is 9.97. The average Bonchev–Trinajstić information content (AvgIpc) is 2.51. The molecule has 14 heavy (non-hydrogen) atoms. The van der Waals surface area contributed by atoms with E-state index < -0.39 is 0 Å². The Balaban J connectivity index is 1.77. The van der Waals surface area contributed by atoms with Crippen LogP contribution in [0.15, 0.2) is 16.9 Å². The molecule has 0 radical (unpaired) electrons. The largest absolute Gasteiger partial charge is 0.329 e. The van der Waals surface area contributed by atoms with Crippen molar-refractivity contribution in [2.45, 2.75) is 19.0 Å². The molecule has 1 aliphatic rings. The first-order valence-electron chi connectivity index (χ1n) is 4.91. The van der Waals surface area contributed by atoms with Crippen LogP contribution in [0.5, 0.6) is 0 Å². The number of aromatic nitrogens is 2. The lowest BCUT2D eigenvalue weighted by molar-refractivity contribution is 0.0911. The van der Waals surface area contributed by atoms with Crippen LogP contribution in [0.25, 0.3) is 0 Å². The topological polar surface area (TPSA) is 47.1 Å². The molecule has 2 rings (SSSR count). The van der Waals surface area contributed by atoms with E-state index in [1.165, 1.54) is 13.0 Å². The average molecular weight is 259 g/mol. The Morgan fingerprint density at radius 3 is 2.93 bits per heavy atom. The fraction of sp³-hybridized carbons (Fsp3) is 0.667. The summed E-state index contributed by atoms with van der Waals surface area (Å²) in [6.45, 7) is 3.96. The molecule has 0 spiro atoms. The molecule has 78 valence electrons. The summed E-state index contributed by atoms with van der Waals surface area (Å²) in [5.41, 5.74) is 5.63. The van der Waals surface area contributed by atoms with E-state index in [-0.39, 0.29) is 0 Å². The normalized spacial score (nSPS) is 22.3. The van der Waals surface area contributed by atoms with Gasteiger partial charge in [0.25, 0.3) is 0 Å². The Morgan fingerprint density at radius 2 is 2.43 bits per heavy atom. The SMILES string of the molecule is NCC1CCN1CCn1cc(Br)cn1. The molecule has 5 heteroatoms.